The molecule has 2 atom stereocenters. The Labute approximate surface area is 187 Å². The van der Waals surface area contributed by atoms with Crippen molar-refractivity contribution in [2.24, 2.45) is 0 Å². The van der Waals surface area contributed by atoms with E-state index in [1.165, 1.54) is 6.20 Å². The molecule has 0 amide bonds. The fraction of sp³-hybridized carbons (Fsp3) is 0.500. The predicted octanol–water partition coefficient (Wildman–Crippen LogP) is 5.03. The zero-order valence-electron chi connectivity index (χ0n) is 17.8. The van der Waals surface area contributed by atoms with Crippen molar-refractivity contribution in [3.8, 4) is 0 Å². The lowest BCUT2D eigenvalue weighted by Gasteiger charge is -2.27. The van der Waals surface area contributed by atoms with Gasteiger partial charge in [0, 0.05) is 24.8 Å². The number of nitrogens with zero attached hydrogens (tertiary/aromatic N) is 4. The number of hydrogen-bond acceptors (Lipinski definition) is 6. The Bertz CT molecular complexity index is 1130. The first-order valence-corrected chi connectivity index (χ1v) is 11.1. The van der Waals surface area contributed by atoms with Gasteiger partial charge in [-0.15, -0.1) is 0 Å². The van der Waals surface area contributed by atoms with Gasteiger partial charge in [0.25, 0.3) is 0 Å². The van der Waals surface area contributed by atoms with Gasteiger partial charge in [-0.05, 0) is 19.3 Å². The fourth-order valence-corrected chi connectivity index (χ4v) is 4.54. The van der Waals surface area contributed by atoms with Gasteiger partial charge in [0.2, 0.25) is 11.9 Å². The van der Waals surface area contributed by atoms with Crippen LogP contribution in [0.1, 0.15) is 44.6 Å². The molecule has 2 aliphatic rings. The monoisotopic (exact) mass is 464 g/mol. The molecule has 1 saturated carbocycles. The fourth-order valence-electron chi connectivity index (χ4n) is 4.54. The molecule has 176 valence electrons. The Morgan fingerprint density at radius 2 is 1.76 bits per heavy atom. The van der Waals surface area contributed by atoms with Gasteiger partial charge >= 0.3 is 0 Å². The number of hydrogen-bond donors (Lipinski definition) is 2. The normalized spacial score (nSPS) is 21.9. The van der Waals surface area contributed by atoms with E-state index in [0.29, 0.717) is 36.3 Å². The van der Waals surface area contributed by atoms with Gasteiger partial charge < -0.3 is 15.4 Å². The molecule has 2 fully saturated rings. The van der Waals surface area contributed by atoms with Crippen LogP contribution in [0.5, 0.6) is 0 Å². The van der Waals surface area contributed by atoms with E-state index in [-0.39, 0.29) is 24.5 Å². The molecule has 2 aromatic heterocycles. The minimum absolute atomic E-state index is 0.0116. The Kier molecular flexibility index (Phi) is 6.05. The van der Waals surface area contributed by atoms with Crippen molar-refractivity contribution in [3.05, 3.63) is 35.8 Å². The van der Waals surface area contributed by atoms with Crippen molar-refractivity contribution in [2.75, 3.05) is 23.8 Å². The first-order chi connectivity index (χ1) is 16.0. The highest BCUT2D eigenvalue weighted by Crippen LogP contribution is 2.35. The SMILES string of the molecule is Fc1cc(F)c(Nc2nc3cnc(N[C@H]4CCOC[C@@H]4F)nc3n2C2CCCCC2)c(F)c1. The summed E-state index contributed by atoms with van der Waals surface area (Å²) >= 11 is 0. The lowest BCUT2D eigenvalue weighted by molar-refractivity contribution is 0.0284. The van der Waals surface area contributed by atoms with Gasteiger partial charge in [-0.3, -0.25) is 4.57 Å². The van der Waals surface area contributed by atoms with Crippen LogP contribution in [0.4, 0.5) is 35.1 Å². The van der Waals surface area contributed by atoms with Crippen LogP contribution in [-0.2, 0) is 4.74 Å². The van der Waals surface area contributed by atoms with Crippen molar-refractivity contribution in [1.82, 2.24) is 19.5 Å². The molecule has 33 heavy (non-hydrogen) atoms. The summed E-state index contributed by atoms with van der Waals surface area (Å²) in [7, 11) is 0. The van der Waals surface area contributed by atoms with Crippen molar-refractivity contribution in [3.63, 3.8) is 0 Å². The molecule has 5 rings (SSSR count). The van der Waals surface area contributed by atoms with E-state index < -0.39 is 35.4 Å². The largest absolute Gasteiger partial charge is 0.378 e. The predicted molar refractivity (Wildman–Crippen MR) is 115 cm³/mol. The number of nitrogens with one attached hydrogen (secondary N) is 2. The summed E-state index contributed by atoms with van der Waals surface area (Å²) in [4.78, 5) is 13.3. The molecule has 0 spiro atoms. The number of halogens is 4. The van der Waals surface area contributed by atoms with Crippen molar-refractivity contribution >= 4 is 28.7 Å². The number of imidazole rings is 1. The molecule has 1 aliphatic carbocycles. The van der Waals surface area contributed by atoms with Crippen LogP contribution < -0.4 is 10.6 Å². The molecule has 2 N–H and O–H groups in total. The molecule has 1 aromatic carbocycles. The van der Waals surface area contributed by atoms with Gasteiger partial charge in [0.05, 0.1) is 18.8 Å². The third kappa shape index (κ3) is 4.46. The number of fused-ring (bicyclic) bond motifs is 1. The van der Waals surface area contributed by atoms with E-state index in [2.05, 4.69) is 25.6 Å². The highest BCUT2D eigenvalue weighted by Gasteiger charge is 2.28. The quantitative estimate of drug-likeness (QED) is 0.516. The highest BCUT2D eigenvalue weighted by atomic mass is 19.1. The summed E-state index contributed by atoms with van der Waals surface area (Å²) < 4.78 is 63.2. The molecule has 7 nitrogen and oxygen atoms in total. The van der Waals surface area contributed by atoms with E-state index in [0.717, 1.165) is 32.1 Å². The molecule has 1 saturated heterocycles. The third-order valence-corrected chi connectivity index (χ3v) is 6.22. The Morgan fingerprint density at radius 1 is 1.00 bits per heavy atom. The lowest BCUT2D eigenvalue weighted by Crippen LogP contribution is -2.39. The zero-order valence-corrected chi connectivity index (χ0v) is 17.8. The average molecular weight is 464 g/mol. The molecule has 3 aromatic rings. The summed E-state index contributed by atoms with van der Waals surface area (Å²) in [5.41, 5.74) is 0.421. The maximum Gasteiger partial charge on any atom is 0.225 e. The Balaban J connectivity index is 1.54. The van der Waals surface area contributed by atoms with Gasteiger partial charge in [0.1, 0.15) is 23.2 Å². The summed E-state index contributed by atoms with van der Waals surface area (Å²) in [5, 5.41) is 5.74. The molecule has 0 radical (unpaired) electrons. The van der Waals surface area contributed by atoms with Crippen LogP contribution in [0.15, 0.2) is 18.3 Å². The summed E-state index contributed by atoms with van der Waals surface area (Å²) in [6.07, 6.45) is 5.64. The smallest absolute Gasteiger partial charge is 0.225 e. The average Bonchev–Trinajstić information content (AvgIpc) is 3.15. The van der Waals surface area contributed by atoms with E-state index in [4.69, 9.17) is 4.74 Å². The first kappa shape index (κ1) is 21.9. The van der Waals surface area contributed by atoms with Crippen molar-refractivity contribution in [2.45, 2.75) is 56.8 Å². The summed E-state index contributed by atoms with van der Waals surface area (Å²) in [5.74, 6) is -2.67. The minimum Gasteiger partial charge on any atom is -0.378 e. The van der Waals surface area contributed by atoms with Gasteiger partial charge in [-0.2, -0.15) is 4.98 Å². The standard InChI is InChI=1S/C22H24F4N6O/c23-12-8-14(24)19(15(25)9-12)30-22-29-18-10-27-21(28-17-6-7-33-11-16(17)26)31-20(18)32(22)13-4-2-1-3-5-13/h8-10,13,16-17H,1-7,11H2,(H,29,30)(H,27,28,31)/t16-,17-/m0/s1. The molecule has 1 aliphatic heterocycles. The topological polar surface area (TPSA) is 76.9 Å². The second kappa shape index (κ2) is 9.12. The molecule has 11 heteroatoms. The maximum atomic E-state index is 14.3. The van der Waals surface area contributed by atoms with E-state index >= 15 is 0 Å². The second-order valence-corrected chi connectivity index (χ2v) is 8.50. The molecular weight excluding hydrogens is 440 g/mol. The Hall–Kier alpha value is -2.95. The van der Waals surface area contributed by atoms with Crippen molar-refractivity contribution in [1.29, 1.82) is 0 Å². The first-order valence-electron chi connectivity index (χ1n) is 11.1. The number of ether oxygens (including phenoxy) is 1. The molecule has 0 bridgehead atoms. The molecular formula is C22H24F4N6O. The highest BCUT2D eigenvalue weighted by molar-refractivity contribution is 5.76. The second-order valence-electron chi connectivity index (χ2n) is 8.50. The van der Waals surface area contributed by atoms with Gasteiger partial charge in [-0.1, -0.05) is 19.3 Å². The van der Waals surface area contributed by atoms with Crippen LogP contribution in [-0.4, -0.2) is 44.9 Å². The number of alkyl halides is 1. The molecule has 0 unspecified atom stereocenters. The Morgan fingerprint density at radius 3 is 2.48 bits per heavy atom. The van der Waals surface area contributed by atoms with Crippen LogP contribution in [0.3, 0.4) is 0 Å². The van der Waals surface area contributed by atoms with E-state index in [1.54, 1.807) is 0 Å². The third-order valence-electron chi connectivity index (χ3n) is 6.22. The zero-order chi connectivity index (χ0) is 22.9. The van der Waals surface area contributed by atoms with E-state index in [9.17, 15) is 17.6 Å². The number of aromatic nitrogens is 4. The number of benzene rings is 1. The van der Waals surface area contributed by atoms with Gasteiger partial charge in [0.15, 0.2) is 17.3 Å². The lowest BCUT2D eigenvalue weighted by atomic mass is 9.95. The number of rotatable bonds is 5. The summed E-state index contributed by atoms with van der Waals surface area (Å²) in [6.45, 7) is 0.464. The van der Waals surface area contributed by atoms with Gasteiger partial charge in [-0.25, -0.2) is 27.5 Å². The minimum atomic E-state index is -1.18. The molecule has 3 heterocycles. The van der Waals surface area contributed by atoms with Crippen LogP contribution in [0, 0.1) is 17.5 Å². The summed E-state index contributed by atoms with van der Waals surface area (Å²) in [6, 6.07) is 0.768. The van der Waals surface area contributed by atoms with Crippen LogP contribution in [0.25, 0.3) is 11.2 Å². The number of anilines is 3. The van der Waals surface area contributed by atoms with E-state index in [1.807, 2.05) is 4.57 Å². The van der Waals surface area contributed by atoms with Crippen LogP contribution in [0.2, 0.25) is 0 Å². The van der Waals surface area contributed by atoms with Crippen LogP contribution >= 0.6 is 0 Å². The van der Waals surface area contributed by atoms with Crippen molar-refractivity contribution < 1.29 is 22.3 Å². The maximum absolute atomic E-state index is 14.3.